The summed E-state index contributed by atoms with van der Waals surface area (Å²) < 4.78 is 0.743. The second-order valence-electron chi connectivity index (χ2n) is 1.57. The predicted molar refractivity (Wildman–Crippen MR) is 39.5 cm³/mol. The van der Waals surface area contributed by atoms with E-state index in [0.29, 0.717) is 5.15 Å². The molecule has 1 aromatic rings. The van der Waals surface area contributed by atoms with E-state index in [1.54, 1.807) is 0 Å². The van der Waals surface area contributed by atoms with Gasteiger partial charge in [-0.1, -0.05) is 11.6 Å². The predicted octanol–water partition coefficient (Wildman–Crippen LogP) is 2.20. The zero-order chi connectivity index (χ0) is 6.85. The fourth-order valence-corrected chi connectivity index (χ4v) is 0.805. The van der Waals surface area contributed by atoms with E-state index in [0.717, 1.165) is 10.3 Å². The molecule has 0 N–H and O–H groups in total. The first-order valence-corrected chi connectivity index (χ1v) is 3.52. The van der Waals surface area contributed by atoms with Crippen molar-refractivity contribution in [2.75, 3.05) is 0 Å². The van der Waals surface area contributed by atoms with Gasteiger partial charge in [0.2, 0.25) is 0 Å². The first-order chi connectivity index (χ1) is 4.20. The fraction of sp³-hybridized carbons (Fsp3) is 0.200. The largest absolute Gasteiger partial charge is 0.244 e. The SMILES string of the molecule is Cc1nc(Cl)cnc1Br. The smallest absolute Gasteiger partial charge is 0.147 e. The van der Waals surface area contributed by atoms with Crippen LogP contribution in [0.15, 0.2) is 10.8 Å². The van der Waals surface area contributed by atoms with Gasteiger partial charge in [-0.2, -0.15) is 0 Å². The van der Waals surface area contributed by atoms with Crippen LogP contribution in [0.1, 0.15) is 5.69 Å². The van der Waals surface area contributed by atoms with Gasteiger partial charge < -0.3 is 0 Å². The van der Waals surface area contributed by atoms with Crippen LogP contribution in [0.3, 0.4) is 0 Å². The monoisotopic (exact) mass is 206 g/mol. The molecule has 1 aromatic heterocycles. The van der Waals surface area contributed by atoms with Crippen molar-refractivity contribution >= 4 is 27.5 Å². The Bertz CT molecular complexity index is 226. The number of rotatable bonds is 0. The van der Waals surface area contributed by atoms with Gasteiger partial charge >= 0.3 is 0 Å². The van der Waals surface area contributed by atoms with Gasteiger partial charge in [0.15, 0.2) is 0 Å². The van der Waals surface area contributed by atoms with Crippen LogP contribution >= 0.6 is 27.5 Å². The normalized spacial score (nSPS) is 9.67. The Morgan fingerprint density at radius 3 is 2.78 bits per heavy atom. The zero-order valence-corrected chi connectivity index (χ0v) is 7.07. The quantitative estimate of drug-likeness (QED) is 0.652. The van der Waals surface area contributed by atoms with Crippen LogP contribution in [0.25, 0.3) is 0 Å². The van der Waals surface area contributed by atoms with Crippen molar-refractivity contribution in [2.45, 2.75) is 6.92 Å². The minimum Gasteiger partial charge on any atom is -0.244 e. The van der Waals surface area contributed by atoms with Gasteiger partial charge in [0.1, 0.15) is 9.76 Å². The topological polar surface area (TPSA) is 25.8 Å². The highest BCUT2D eigenvalue weighted by Crippen LogP contribution is 2.11. The first kappa shape index (κ1) is 6.96. The van der Waals surface area contributed by atoms with Crippen LogP contribution < -0.4 is 0 Å². The van der Waals surface area contributed by atoms with Crippen molar-refractivity contribution in [1.82, 2.24) is 9.97 Å². The summed E-state index contributed by atoms with van der Waals surface area (Å²) in [5, 5.41) is 0.427. The molecule has 0 spiro atoms. The summed E-state index contributed by atoms with van der Waals surface area (Å²) in [5.41, 5.74) is 0.808. The maximum absolute atomic E-state index is 5.52. The standard InChI is InChI=1S/C5H4BrClN2/c1-3-5(6)8-2-4(7)9-3/h2H,1H3. The van der Waals surface area contributed by atoms with Crippen molar-refractivity contribution in [3.63, 3.8) is 0 Å². The van der Waals surface area contributed by atoms with E-state index in [-0.39, 0.29) is 0 Å². The number of halogens is 2. The molecule has 0 saturated carbocycles. The van der Waals surface area contributed by atoms with Gasteiger partial charge in [-0.05, 0) is 22.9 Å². The van der Waals surface area contributed by atoms with Crippen molar-refractivity contribution in [2.24, 2.45) is 0 Å². The highest BCUT2D eigenvalue weighted by Gasteiger charge is 1.95. The molecule has 9 heavy (non-hydrogen) atoms. The average Bonchev–Trinajstić information content (AvgIpc) is 1.80. The Morgan fingerprint density at radius 1 is 1.67 bits per heavy atom. The fourth-order valence-electron chi connectivity index (χ4n) is 0.439. The molecule has 1 rings (SSSR count). The summed E-state index contributed by atoms with van der Waals surface area (Å²) in [4.78, 5) is 7.83. The molecule has 2 nitrogen and oxygen atoms in total. The third kappa shape index (κ3) is 1.63. The van der Waals surface area contributed by atoms with Crippen LogP contribution in [-0.2, 0) is 0 Å². The van der Waals surface area contributed by atoms with E-state index in [4.69, 9.17) is 11.6 Å². The summed E-state index contributed by atoms with van der Waals surface area (Å²) in [5.74, 6) is 0. The molecule has 0 fully saturated rings. The minimum absolute atomic E-state index is 0.427. The molecule has 0 atom stereocenters. The number of hydrogen-bond donors (Lipinski definition) is 0. The van der Waals surface area contributed by atoms with E-state index in [1.807, 2.05) is 6.92 Å². The molecule has 0 saturated heterocycles. The summed E-state index contributed by atoms with van der Waals surface area (Å²) in [6, 6.07) is 0. The molecule has 0 aliphatic rings. The molecule has 0 amide bonds. The number of nitrogens with zero attached hydrogens (tertiary/aromatic N) is 2. The van der Waals surface area contributed by atoms with Gasteiger partial charge in [0, 0.05) is 0 Å². The van der Waals surface area contributed by atoms with Gasteiger partial charge in [-0.25, -0.2) is 9.97 Å². The maximum Gasteiger partial charge on any atom is 0.147 e. The van der Waals surface area contributed by atoms with E-state index >= 15 is 0 Å². The van der Waals surface area contributed by atoms with E-state index < -0.39 is 0 Å². The molecule has 0 aromatic carbocycles. The number of aromatic nitrogens is 2. The van der Waals surface area contributed by atoms with E-state index in [9.17, 15) is 0 Å². The molecular formula is C5H4BrClN2. The van der Waals surface area contributed by atoms with Crippen LogP contribution in [0.4, 0.5) is 0 Å². The second-order valence-corrected chi connectivity index (χ2v) is 2.71. The number of hydrogen-bond acceptors (Lipinski definition) is 2. The lowest BCUT2D eigenvalue weighted by molar-refractivity contribution is 1.08. The van der Waals surface area contributed by atoms with Crippen LogP contribution in [-0.4, -0.2) is 9.97 Å². The first-order valence-electron chi connectivity index (χ1n) is 2.35. The van der Waals surface area contributed by atoms with E-state index in [2.05, 4.69) is 25.9 Å². The van der Waals surface area contributed by atoms with Crippen molar-refractivity contribution in [3.05, 3.63) is 21.6 Å². The van der Waals surface area contributed by atoms with Crippen molar-refractivity contribution in [3.8, 4) is 0 Å². The third-order valence-electron chi connectivity index (χ3n) is 0.857. The molecule has 0 unspecified atom stereocenters. The average molecular weight is 207 g/mol. The van der Waals surface area contributed by atoms with Crippen molar-refractivity contribution < 1.29 is 0 Å². The zero-order valence-electron chi connectivity index (χ0n) is 4.73. The Morgan fingerprint density at radius 2 is 2.33 bits per heavy atom. The van der Waals surface area contributed by atoms with Gasteiger partial charge in [0.05, 0.1) is 11.9 Å². The Balaban J connectivity index is 3.17. The summed E-state index contributed by atoms with van der Waals surface area (Å²) in [6.45, 7) is 1.84. The molecule has 1 heterocycles. The lowest BCUT2D eigenvalue weighted by Gasteiger charge is -1.93. The van der Waals surface area contributed by atoms with Crippen LogP contribution in [0, 0.1) is 6.92 Å². The second kappa shape index (κ2) is 2.62. The van der Waals surface area contributed by atoms with Gasteiger partial charge in [-0.3, -0.25) is 0 Å². The lowest BCUT2D eigenvalue weighted by Crippen LogP contribution is -1.85. The van der Waals surface area contributed by atoms with Crippen LogP contribution in [0.2, 0.25) is 5.15 Å². The summed E-state index contributed by atoms with van der Waals surface area (Å²) in [6.07, 6.45) is 1.50. The molecule has 4 heteroatoms. The Kier molecular flexibility index (Phi) is 2.03. The summed E-state index contributed by atoms with van der Waals surface area (Å²) >= 11 is 8.72. The van der Waals surface area contributed by atoms with Crippen molar-refractivity contribution in [1.29, 1.82) is 0 Å². The highest BCUT2D eigenvalue weighted by molar-refractivity contribution is 9.10. The Hall–Kier alpha value is -0.150. The minimum atomic E-state index is 0.427. The van der Waals surface area contributed by atoms with Gasteiger partial charge in [-0.15, -0.1) is 0 Å². The molecular weight excluding hydrogens is 203 g/mol. The molecule has 0 radical (unpaired) electrons. The third-order valence-corrected chi connectivity index (χ3v) is 1.82. The maximum atomic E-state index is 5.52. The molecule has 0 bridgehead atoms. The lowest BCUT2D eigenvalue weighted by atomic mass is 10.5. The van der Waals surface area contributed by atoms with E-state index in [1.165, 1.54) is 6.20 Å². The molecule has 48 valence electrons. The van der Waals surface area contributed by atoms with Gasteiger partial charge in [0.25, 0.3) is 0 Å². The van der Waals surface area contributed by atoms with Crippen LogP contribution in [0.5, 0.6) is 0 Å². The number of aryl methyl sites for hydroxylation is 1. The molecule has 0 aliphatic heterocycles. The summed E-state index contributed by atoms with van der Waals surface area (Å²) in [7, 11) is 0. The molecule has 0 aliphatic carbocycles. The highest BCUT2D eigenvalue weighted by atomic mass is 79.9. The Labute approximate surface area is 66.4 Å².